The van der Waals surface area contributed by atoms with Gasteiger partial charge in [0, 0.05) is 6.61 Å². The second-order valence-electron chi connectivity index (χ2n) is 6.52. The standard InChI is InChI=1S/C17H26N2O/c1-17(10-2-3-11-20-17)16(19-18)15-9-5-8-14(12-15)13-6-4-7-13/h5,8-9,12-13,16,19H,2-4,6-7,10-11,18H2,1H3. The predicted molar refractivity (Wildman–Crippen MR) is 81.3 cm³/mol. The van der Waals surface area contributed by atoms with Gasteiger partial charge in [0.1, 0.15) is 0 Å². The van der Waals surface area contributed by atoms with Crippen LogP contribution in [-0.4, -0.2) is 12.2 Å². The van der Waals surface area contributed by atoms with Gasteiger partial charge in [-0.15, -0.1) is 0 Å². The molecule has 1 aliphatic heterocycles. The highest BCUT2D eigenvalue weighted by atomic mass is 16.5. The molecule has 2 aliphatic rings. The van der Waals surface area contributed by atoms with Crippen LogP contribution in [0.3, 0.4) is 0 Å². The van der Waals surface area contributed by atoms with Crippen LogP contribution in [0.15, 0.2) is 24.3 Å². The van der Waals surface area contributed by atoms with Gasteiger partial charge in [0.2, 0.25) is 0 Å². The predicted octanol–water partition coefficient (Wildman–Crippen LogP) is 3.42. The summed E-state index contributed by atoms with van der Waals surface area (Å²) in [7, 11) is 0. The van der Waals surface area contributed by atoms with E-state index < -0.39 is 0 Å². The van der Waals surface area contributed by atoms with Crippen molar-refractivity contribution in [2.75, 3.05) is 6.61 Å². The van der Waals surface area contributed by atoms with Gasteiger partial charge < -0.3 is 4.74 Å². The molecule has 1 heterocycles. The van der Waals surface area contributed by atoms with E-state index in [2.05, 4.69) is 36.6 Å². The zero-order valence-electron chi connectivity index (χ0n) is 12.4. The monoisotopic (exact) mass is 274 g/mol. The zero-order chi connectivity index (χ0) is 14.0. The average molecular weight is 274 g/mol. The van der Waals surface area contributed by atoms with E-state index in [1.165, 1.54) is 36.8 Å². The molecule has 0 amide bonds. The fourth-order valence-electron chi connectivity index (χ4n) is 3.54. The van der Waals surface area contributed by atoms with Crippen molar-refractivity contribution in [2.45, 2.75) is 63.0 Å². The lowest BCUT2D eigenvalue weighted by Crippen LogP contribution is -2.48. The van der Waals surface area contributed by atoms with Crippen LogP contribution >= 0.6 is 0 Å². The molecule has 1 aromatic carbocycles. The molecule has 3 N–H and O–H groups in total. The highest BCUT2D eigenvalue weighted by Gasteiger charge is 2.37. The highest BCUT2D eigenvalue weighted by molar-refractivity contribution is 5.31. The molecule has 1 saturated heterocycles. The molecule has 3 rings (SSSR count). The third kappa shape index (κ3) is 2.62. The van der Waals surface area contributed by atoms with Crippen molar-refractivity contribution in [3.8, 4) is 0 Å². The van der Waals surface area contributed by atoms with Gasteiger partial charge in [-0.05, 0) is 56.1 Å². The number of benzene rings is 1. The first-order valence-corrected chi connectivity index (χ1v) is 7.93. The summed E-state index contributed by atoms with van der Waals surface area (Å²) in [4.78, 5) is 0. The Balaban J connectivity index is 1.84. The zero-order valence-corrected chi connectivity index (χ0v) is 12.4. The lowest BCUT2D eigenvalue weighted by Gasteiger charge is -2.40. The summed E-state index contributed by atoms with van der Waals surface area (Å²) in [6, 6.07) is 9.00. The van der Waals surface area contributed by atoms with Crippen molar-refractivity contribution in [3.05, 3.63) is 35.4 Å². The molecule has 20 heavy (non-hydrogen) atoms. The third-order valence-electron chi connectivity index (χ3n) is 5.10. The van der Waals surface area contributed by atoms with E-state index >= 15 is 0 Å². The van der Waals surface area contributed by atoms with E-state index in [0.29, 0.717) is 0 Å². The fourth-order valence-corrected chi connectivity index (χ4v) is 3.54. The van der Waals surface area contributed by atoms with Crippen LogP contribution in [0.2, 0.25) is 0 Å². The number of hydrogen-bond donors (Lipinski definition) is 2. The van der Waals surface area contributed by atoms with Crippen LogP contribution in [0.5, 0.6) is 0 Å². The Labute approximate surface area is 121 Å². The van der Waals surface area contributed by atoms with Gasteiger partial charge in [-0.3, -0.25) is 11.3 Å². The van der Waals surface area contributed by atoms with Crippen molar-refractivity contribution < 1.29 is 4.74 Å². The average Bonchev–Trinajstić information content (AvgIpc) is 2.38. The molecule has 0 spiro atoms. The van der Waals surface area contributed by atoms with Gasteiger partial charge >= 0.3 is 0 Å². The van der Waals surface area contributed by atoms with Crippen molar-refractivity contribution in [2.24, 2.45) is 5.84 Å². The van der Waals surface area contributed by atoms with Crippen LogP contribution < -0.4 is 11.3 Å². The molecule has 3 nitrogen and oxygen atoms in total. The second kappa shape index (κ2) is 5.84. The minimum absolute atomic E-state index is 0.0721. The Morgan fingerprint density at radius 2 is 2.15 bits per heavy atom. The second-order valence-corrected chi connectivity index (χ2v) is 6.52. The van der Waals surface area contributed by atoms with Crippen LogP contribution in [0.25, 0.3) is 0 Å². The molecule has 1 aromatic rings. The third-order valence-corrected chi connectivity index (χ3v) is 5.10. The first kappa shape index (κ1) is 14.1. The molecule has 0 radical (unpaired) electrons. The van der Waals surface area contributed by atoms with Crippen molar-refractivity contribution in [1.82, 2.24) is 5.43 Å². The minimum Gasteiger partial charge on any atom is -0.373 e. The van der Waals surface area contributed by atoms with Gasteiger partial charge in [0.15, 0.2) is 0 Å². The molecule has 3 heteroatoms. The van der Waals surface area contributed by atoms with Gasteiger partial charge in [-0.25, -0.2) is 0 Å². The Morgan fingerprint density at radius 1 is 1.30 bits per heavy atom. The molecular formula is C17H26N2O. The van der Waals surface area contributed by atoms with E-state index in [-0.39, 0.29) is 11.6 Å². The molecule has 110 valence electrons. The van der Waals surface area contributed by atoms with Crippen molar-refractivity contribution in [3.63, 3.8) is 0 Å². The van der Waals surface area contributed by atoms with Gasteiger partial charge in [-0.1, -0.05) is 30.7 Å². The fraction of sp³-hybridized carbons (Fsp3) is 0.647. The molecule has 2 fully saturated rings. The molecule has 1 aliphatic carbocycles. The van der Waals surface area contributed by atoms with Crippen LogP contribution in [0.4, 0.5) is 0 Å². The highest BCUT2D eigenvalue weighted by Crippen LogP contribution is 2.40. The summed E-state index contributed by atoms with van der Waals surface area (Å²) in [6.07, 6.45) is 7.48. The molecule has 2 atom stereocenters. The Morgan fingerprint density at radius 3 is 2.75 bits per heavy atom. The van der Waals surface area contributed by atoms with Crippen molar-refractivity contribution in [1.29, 1.82) is 0 Å². The van der Waals surface area contributed by atoms with Gasteiger partial charge in [0.05, 0.1) is 11.6 Å². The quantitative estimate of drug-likeness (QED) is 0.653. The molecule has 1 saturated carbocycles. The summed E-state index contributed by atoms with van der Waals surface area (Å²) >= 11 is 0. The largest absolute Gasteiger partial charge is 0.373 e. The Hall–Kier alpha value is -0.900. The lowest BCUT2D eigenvalue weighted by molar-refractivity contribution is -0.0899. The number of hydrogen-bond acceptors (Lipinski definition) is 3. The smallest absolute Gasteiger partial charge is 0.0861 e. The van der Waals surface area contributed by atoms with Crippen LogP contribution in [0, 0.1) is 0 Å². The topological polar surface area (TPSA) is 47.3 Å². The SMILES string of the molecule is CC1(C(NN)c2cccc(C3CCC3)c2)CCCCO1. The normalized spacial score (nSPS) is 28.9. The van der Waals surface area contributed by atoms with E-state index in [4.69, 9.17) is 10.6 Å². The summed E-state index contributed by atoms with van der Waals surface area (Å²) in [6.45, 7) is 3.03. The maximum absolute atomic E-state index is 6.07. The Kier molecular flexibility index (Phi) is 4.11. The van der Waals surface area contributed by atoms with Crippen molar-refractivity contribution >= 4 is 0 Å². The summed E-state index contributed by atoms with van der Waals surface area (Å²) in [5, 5.41) is 0. The maximum atomic E-state index is 6.07. The number of nitrogens with two attached hydrogens (primary N) is 1. The lowest BCUT2D eigenvalue weighted by atomic mass is 9.78. The first-order chi connectivity index (χ1) is 9.73. The number of hydrazine groups is 1. The molecule has 0 bridgehead atoms. The number of ether oxygens (including phenoxy) is 1. The van der Waals surface area contributed by atoms with Crippen LogP contribution in [0.1, 0.15) is 68.5 Å². The summed E-state index contributed by atoms with van der Waals surface area (Å²) in [5.41, 5.74) is 5.55. The van der Waals surface area contributed by atoms with E-state index in [1.54, 1.807) is 0 Å². The van der Waals surface area contributed by atoms with E-state index in [1.807, 2.05) is 0 Å². The summed E-state index contributed by atoms with van der Waals surface area (Å²) < 4.78 is 6.07. The van der Waals surface area contributed by atoms with E-state index in [9.17, 15) is 0 Å². The molecule has 2 unspecified atom stereocenters. The molecule has 0 aromatic heterocycles. The Bertz CT molecular complexity index is 450. The number of nitrogens with one attached hydrogen (secondary N) is 1. The van der Waals surface area contributed by atoms with Gasteiger partial charge in [-0.2, -0.15) is 0 Å². The van der Waals surface area contributed by atoms with Crippen LogP contribution in [-0.2, 0) is 4.74 Å². The van der Waals surface area contributed by atoms with E-state index in [0.717, 1.165) is 25.4 Å². The number of rotatable bonds is 4. The summed E-state index contributed by atoms with van der Waals surface area (Å²) in [5.74, 6) is 6.62. The molecular weight excluding hydrogens is 248 g/mol. The van der Waals surface area contributed by atoms with Gasteiger partial charge in [0.25, 0.3) is 0 Å². The maximum Gasteiger partial charge on any atom is 0.0861 e. The first-order valence-electron chi connectivity index (χ1n) is 7.93. The minimum atomic E-state index is -0.189.